The topological polar surface area (TPSA) is 44.7 Å². The van der Waals surface area contributed by atoms with Gasteiger partial charge in [-0.3, -0.25) is 4.79 Å². The van der Waals surface area contributed by atoms with Gasteiger partial charge in [0, 0.05) is 17.2 Å². The molecule has 21 heavy (non-hydrogen) atoms. The number of carbonyl (C=O) groups excluding carboxylic acids is 1. The molecule has 108 valence electrons. The van der Waals surface area contributed by atoms with Gasteiger partial charge in [-0.2, -0.15) is 5.10 Å². The highest BCUT2D eigenvalue weighted by molar-refractivity contribution is 9.10. The largest absolute Gasteiger partial charge is 0.365 e. The van der Waals surface area contributed by atoms with E-state index in [0.717, 1.165) is 15.7 Å². The van der Waals surface area contributed by atoms with Crippen LogP contribution in [0.15, 0.2) is 64.2 Å². The quantitative estimate of drug-likeness (QED) is 0.668. The van der Waals surface area contributed by atoms with Crippen LogP contribution < -0.4 is 10.3 Å². The fourth-order valence-electron chi connectivity index (χ4n) is 1.75. The Morgan fingerprint density at radius 2 is 1.86 bits per heavy atom. The third-order valence-electron chi connectivity index (χ3n) is 2.85. The second kappa shape index (κ2) is 7.59. The van der Waals surface area contributed by atoms with Crippen molar-refractivity contribution in [2.75, 3.05) is 18.5 Å². The molecule has 5 heteroatoms. The molecule has 0 spiro atoms. The molecule has 0 fully saturated rings. The van der Waals surface area contributed by atoms with Crippen molar-refractivity contribution in [2.45, 2.75) is 0 Å². The van der Waals surface area contributed by atoms with E-state index >= 15 is 0 Å². The number of rotatable bonds is 5. The van der Waals surface area contributed by atoms with Crippen molar-refractivity contribution in [3.05, 3.63) is 64.6 Å². The lowest BCUT2D eigenvalue weighted by Crippen LogP contribution is -2.32. The first-order valence-corrected chi connectivity index (χ1v) is 7.28. The number of hydrogen-bond acceptors (Lipinski definition) is 3. The van der Waals surface area contributed by atoms with Gasteiger partial charge < -0.3 is 4.90 Å². The molecule has 2 aromatic carbocycles. The Kier molecular flexibility index (Phi) is 5.51. The third kappa shape index (κ3) is 5.04. The molecule has 0 aliphatic rings. The van der Waals surface area contributed by atoms with Gasteiger partial charge in [0.1, 0.15) is 0 Å². The molecule has 0 bridgehead atoms. The lowest BCUT2D eigenvalue weighted by molar-refractivity contribution is -0.119. The van der Waals surface area contributed by atoms with Gasteiger partial charge in [-0.05, 0) is 29.8 Å². The molecule has 4 nitrogen and oxygen atoms in total. The first kappa shape index (κ1) is 15.3. The molecule has 0 heterocycles. The van der Waals surface area contributed by atoms with E-state index in [4.69, 9.17) is 0 Å². The molecule has 0 radical (unpaired) electrons. The molecule has 0 aliphatic carbocycles. The molecule has 2 aromatic rings. The van der Waals surface area contributed by atoms with E-state index in [-0.39, 0.29) is 12.5 Å². The van der Waals surface area contributed by atoms with Gasteiger partial charge in [0.05, 0.1) is 12.8 Å². The van der Waals surface area contributed by atoms with E-state index < -0.39 is 0 Å². The summed E-state index contributed by atoms with van der Waals surface area (Å²) in [6.07, 6.45) is 1.62. The summed E-state index contributed by atoms with van der Waals surface area (Å²) in [7, 11) is 1.87. The molecular formula is C16H16BrN3O. The monoisotopic (exact) mass is 345 g/mol. The fraction of sp³-hybridized carbons (Fsp3) is 0.125. The normalized spacial score (nSPS) is 10.6. The predicted octanol–water partition coefficient (Wildman–Crippen LogP) is 3.04. The van der Waals surface area contributed by atoms with E-state index in [9.17, 15) is 4.79 Å². The molecule has 1 N–H and O–H groups in total. The van der Waals surface area contributed by atoms with Crippen LogP contribution in [0.4, 0.5) is 5.69 Å². The minimum Gasteiger partial charge on any atom is -0.365 e. The smallest absolute Gasteiger partial charge is 0.259 e. The number of nitrogens with zero attached hydrogens (tertiary/aromatic N) is 2. The second-order valence-electron chi connectivity index (χ2n) is 4.54. The van der Waals surface area contributed by atoms with Crippen molar-refractivity contribution >= 4 is 33.7 Å². The van der Waals surface area contributed by atoms with Crippen LogP contribution >= 0.6 is 15.9 Å². The SMILES string of the molecule is CN(CC(=O)N/N=C\c1ccc(Br)cc1)c1ccccc1. The van der Waals surface area contributed by atoms with Crippen LogP contribution in [0.2, 0.25) is 0 Å². The predicted molar refractivity (Wildman–Crippen MR) is 89.6 cm³/mol. The fourth-order valence-corrected chi connectivity index (χ4v) is 2.02. The molecule has 0 unspecified atom stereocenters. The highest BCUT2D eigenvalue weighted by Gasteiger charge is 2.05. The number of halogens is 1. The maximum absolute atomic E-state index is 11.8. The summed E-state index contributed by atoms with van der Waals surface area (Å²) < 4.78 is 1.01. The van der Waals surface area contributed by atoms with Crippen LogP contribution in [0.25, 0.3) is 0 Å². The van der Waals surface area contributed by atoms with Crippen LogP contribution in [0.3, 0.4) is 0 Å². The van der Waals surface area contributed by atoms with Gasteiger partial charge in [-0.1, -0.05) is 46.3 Å². The summed E-state index contributed by atoms with van der Waals surface area (Å²) in [5.41, 5.74) is 4.44. The summed E-state index contributed by atoms with van der Waals surface area (Å²) >= 11 is 3.37. The van der Waals surface area contributed by atoms with Crippen molar-refractivity contribution in [2.24, 2.45) is 5.10 Å². The second-order valence-corrected chi connectivity index (χ2v) is 5.45. The Balaban J connectivity index is 1.83. The molecule has 2 rings (SSSR count). The van der Waals surface area contributed by atoms with E-state index in [1.807, 2.05) is 66.5 Å². The van der Waals surface area contributed by atoms with E-state index in [1.54, 1.807) is 6.21 Å². The van der Waals surface area contributed by atoms with Gasteiger partial charge >= 0.3 is 0 Å². The Hall–Kier alpha value is -2.14. The number of anilines is 1. The van der Waals surface area contributed by atoms with E-state index in [2.05, 4.69) is 26.5 Å². The average Bonchev–Trinajstić information content (AvgIpc) is 2.50. The Bertz CT molecular complexity index is 611. The summed E-state index contributed by atoms with van der Waals surface area (Å²) in [6.45, 7) is 0.252. The maximum atomic E-state index is 11.8. The Morgan fingerprint density at radius 1 is 1.19 bits per heavy atom. The van der Waals surface area contributed by atoms with Gasteiger partial charge in [0.25, 0.3) is 5.91 Å². The molecule has 0 aliphatic heterocycles. The zero-order chi connectivity index (χ0) is 15.1. The highest BCUT2D eigenvalue weighted by Crippen LogP contribution is 2.10. The molecule has 0 saturated heterocycles. The van der Waals surface area contributed by atoms with Crippen LogP contribution in [-0.4, -0.2) is 25.7 Å². The lowest BCUT2D eigenvalue weighted by atomic mass is 10.2. The minimum atomic E-state index is -0.158. The average molecular weight is 346 g/mol. The molecule has 0 atom stereocenters. The third-order valence-corrected chi connectivity index (χ3v) is 3.38. The minimum absolute atomic E-state index is 0.158. The zero-order valence-electron chi connectivity index (χ0n) is 11.7. The number of hydrogen-bond donors (Lipinski definition) is 1. The van der Waals surface area contributed by atoms with Crippen molar-refractivity contribution in [3.63, 3.8) is 0 Å². The van der Waals surface area contributed by atoms with Gasteiger partial charge in [-0.25, -0.2) is 5.43 Å². The summed E-state index contributed by atoms with van der Waals surface area (Å²) in [5, 5.41) is 3.95. The summed E-state index contributed by atoms with van der Waals surface area (Å²) in [5.74, 6) is -0.158. The van der Waals surface area contributed by atoms with Gasteiger partial charge in [0.15, 0.2) is 0 Å². The number of hydrazone groups is 1. The number of likely N-dealkylation sites (N-methyl/N-ethyl adjacent to an activating group) is 1. The first-order valence-electron chi connectivity index (χ1n) is 6.49. The van der Waals surface area contributed by atoms with Crippen molar-refractivity contribution in [1.82, 2.24) is 5.43 Å². The number of benzene rings is 2. The Labute approximate surface area is 132 Å². The van der Waals surface area contributed by atoms with E-state index in [0.29, 0.717) is 0 Å². The molecular weight excluding hydrogens is 330 g/mol. The number of nitrogens with one attached hydrogen (secondary N) is 1. The van der Waals surface area contributed by atoms with Crippen molar-refractivity contribution in [3.8, 4) is 0 Å². The standard InChI is InChI=1S/C16H16BrN3O/c1-20(15-5-3-2-4-6-15)12-16(21)19-18-11-13-7-9-14(17)10-8-13/h2-11H,12H2,1H3,(H,19,21)/b18-11-. The van der Waals surface area contributed by atoms with Crippen molar-refractivity contribution < 1.29 is 4.79 Å². The van der Waals surface area contributed by atoms with Crippen LogP contribution in [0.1, 0.15) is 5.56 Å². The molecule has 0 saturated carbocycles. The van der Waals surface area contributed by atoms with Crippen LogP contribution in [-0.2, 0) is 4.79 Å². The number of amides is 1. The zero-order valence-corrected chi connectivity index (χ0v) is 13.2. The van der Waals surface area contributed by atoms with Crippen LogP contribution in [0, 0.1) is 0 Å². The lowest BCUT2D eigenvalue weighted by Gasteiger charge is -2.17. The first-order chi connectivity index (χ1) is 10.1. The molecule has 0 aromatic heterocycles. The highest BCUT2D eigenvalue weighted by atomic mass is 79.9. The van der Waals surface area contributed by atoms with Gasteiger partial charge in [0.2, 0.25) is 0 Å². The Morgan fingerprint density at radius 3 is 2.52 bits per heavy atom. The summed E-state index contributed by atoms with van der Waals surface area (Å²) in [6, 6.07) is 17.4. The van der Waals surface area contributed by atoms with E-state index in [1.165, 1.54) is 0 Å². The number of para-hydroxylation sites is 1. The van der Waals surface area contributed by atoms with Crippen LogP contribution in [0.5, 0.6) is 0 Å². The number of carbonyl (C=O) groups is 1. The van der Waals surface area contributed by atoms with Gasteiger partial charge in [-0.15, -0.1) is 0 Å². The summed E-state index contributed by atoms with van der Waals surface area (Å²) in [4.78, 5) is 13.7. The van der Waals surface area contributed by atoms with Crippen molar-refractivity contribution in [1.29, 1.82) is 0 Å². The maximum Gasteiger partial charge on any atom is 0.259 e. The molecule has 1 amide bonds.